The molecule has 5 heteroatoms. The highest BCUT2D eigenvalue weighted by Gasteiger charge is 2.43. The monoisotopic (exact) mass is 375 g/mol. The summed E-state index contributed by atoms with van der Waals surface area (Å²) in [7, 11) is 0. The Morgan fingerprint density at radius 1 is 0.964 bits per heavy atom. The van der Waals surface area contributed by atoms with E-state index in [2.05, 4.69) is 5.10 Å². The van der Waals surface area contributed by atoms with Crippen molar-refractivity contribution in [1.29, 1.82) is 0 Å². The molecule has 1 fully saturated rings. The van der Waals surface area contributed by atoms with Crippen LogP contribution in [0.3, 0.4) is 0 Å². The summed E-state index contributed by atoms with van der Waals surface area (Å²) in [5.41, 5.74) is 1.31. The molecule has 28 heavy (non-hydrogen) atoms. The van der Waals surface area contributed by atoms with Crippen molar-refractivity contribution in [2.24, 2.45) is 10.5 Å². The van der Waals surface area contributed by atoms with Crippen molar-refractivity contribution in [1.82, 2.24) is 9.91 Å². The maximum atomic E-state index is 13.4. The van der Waals surface area contributed by atoms with Crippen LogP contribution < -0.4 is 0 Å². The van der Waals surface area contributed by atoms with Crippen LogP contribution in [0.4, 0.5) is 0 Å². The number of piperidine rings is 1. The van der Waals surface area contributed by atoms with Crippen LogP contribution in [-0.2, 0) is 4.79 Å². The standard InChI is InChI=1S/C23H25N3O2/c1-23(13-16-25(17-14-23)21(27)19-10-6-3-7-11-19)22(28)26-20(12-15-24-26)18-8-4-2-5-9-18/h2-11,15,20H,12-14,16-17H2,1H3. The maximum Gasteiger partial charge on any atom is 0.253 e. The summed E-state index contributed by atoms with van der Waals surface area (Å²) in [5.74, 6) is 0.0957. The summed E-state index contributed by atoms with van der Waals surface area (Å²) < 4.78 is 0. The molecule has 0 aromatic heterocycles. The van der Waals surface area contributed by atoms with Crippen LogP contribution in [0.2, 0.25) is 0 Å². The van der Waals surface area contributed by atoms with E-state index >= 15 is 0 Å². The minimum atomic E-state index is -0.498. The number of amides is 2. The molecule has 1 saturated heterocycles. The molecular weight excluding hydrogens is 350 g/mol. The molecule has 1 unspecified atom stereocenters. The molecule has 0 N–H and O–H groups in total. The zero-order valence-electron chi connectivity index (χ0n) is 16.1. The van der Waals surface area contributed by atoms with Crippen molar-refractivity contribution < 1.29 is 9.59 Å². The summed E-state index contributed by atoms with van der Waals surface area (Å²) in [6.07, 6.45) is 3.87. The largest absolute Gasteiger partial charge is 0.339 e. The fraction of sp³-hybridized carbons (Fsp3) is 0.348. The Balaban J connectivity index is 1.44. The number of hydrazone groups is 1. The molecule has 2 aliphatic rings. The third-order valence-electron chi connectivity index (χ3n) is 5.91. The summed E-state index contributed by atoms with van der Waals surface area (Å²) in [5, 5.41) is 6.05. The minimum absolute atomic E-state index is 0.0329. The van der Waals surface area contributed by atoms with Crippen molar-refractivity contribution in [3.63, 3.8) is 0 Å². The van der Waals surface area contributed by atoms with Gasteiger partial charge in [-0.3, -0.25) is 9.59 Å². The van der Waals surface area contributed by atoms with Gasteiger partial charge in [-0.15, -0.1) is 0 Å². The topological polar surface area (TPSA) is 53.0 Å². The van der Waals surface area contributed by atoms with Gasteiger partial charge in [-0.2, -0.15) is 5.10 Å². The molecule has 0 saturated carbocycles. The zero-order valence-corrected chi connectivity index (χ0v) is 16.1. The Kier molecular flexibility index (Phi) is 4.99. The second-order valence-corrected chi connectivity index (χ2v) is 7.83. The third kappa shape index (κ3) is 3.44. The van der Waals surface area contributed by atoms with Gasteiger partial charge in [-0.05, 0) is 30.5 Å². The molecule has 0 radical (unpaired) electrons. The van der Waals surface area contributed by atoms with Gasteiger partial charge in [-0.1, -0.05) is 55.5 Å². The lowest BCUT2D eigenvalue weighted by atomic mass is 9.78. The molecule has 2 aromatic rings. The van der Waals surface area contributed by atoms with E-state index in [4.69, 9.17) is 0 Å². The van der Waals surface area contributed by atoms with E-state index in [9.17, 15) is 9.59 Å². The quantitative estimate of drug-likeness (QED) is 0.817. The van der Waals surface area contributed by atoms with Crippen LogP contribution in [0, 0.1) is 5.41 Å². The Morgan fingerprint density at radius 3 is 2.21 bits per heavy atom. The number of hydrogen-bond acceptors (Lipinski definition) is 3. The Labute approximate surface area is 165 Å². The number of nitrogens with zero attached hydrogens (tertiary/aromatic N) is 3. The van der Waals surface area contributed by atoms with Gasteiger partial charge in [0.15, 0.2) is 0 Å². The van der Waals surface area contributed by atoms with Crippen LogP contribution in [0.1, 0.15) is 48.1 Å². The summed E-state index contributed by atoms with van der Waals surface area (Å²) >= 11 is 0. The number of hydrogen-bond donors (Lipinski definition) is 0. The van der Waals surface area contributed by atoms with Crippen molar-refractivity contribution in [3.8, 4) is 0 Å². The van der Waals surface area contributed by atoms with E-state index in [-0.39, 0.29) is 17.9 Å². The second kappa shape index (κ2) is 7.58. The third-order valence-corrected chi connectivity index (χ3v) is 5.91. The second-order valence-electron chi connectivity index (χ2n) is 7.83. The number of rotatable bonds is 3. The van der Waals surface area contributed by atoms with Crippen LogP contribution in [0.25, 0.3) is 0 Å². The fourth-order valence-corrected chi connectivity index (χ4v) is 4.02. The first-order valence-electron chi connectivity index (χ1n) is 9.84. The average molecular weight is 375 g/mol. The molecule has 0 aliphatic carbocycles. The van der Waals surface area contributed by atoms with Gasteiger partial charge in [0.25, 0.3) is 5.91 Å². The van der Waals surface area contributed by atoms with E-state index in [1.165, 1.54) is 0 Å². The van der Waals surface area contributed by atoms with Gasteiger partial charge in [0.2, 0.25) is 5.91 Å². The molecule has 144 valence electrons. The molecule has 4 rings (SSSR count). The van der Waals surface area contributed by atoms with Crippen LogP contribution >= 0.6 is 0 Å². The van der Waals surface area contributed by atoms with Crippen LogP contribution in [0.15, 0.2) is 65.8 Å². The highest BCUT2D eigenvalue weighted by atomic mass is 16.2. The van der Waals surface area contributed by atoms with Gasteiger partial charge in [0, 0.05) is 31.3 Å². The van der Waals surface area contributed by atoms with E-state index in [1.54, 1.807) is 5.01 Å². The molecule has 0 bridgehead atoms. The lowest BCUT2D eigenvalue weighted by Crippen LogP contribution is -2.49. The van der Waals surface area contributed by atoms with E-state index in [0.29, 0.717) is 31.5 Å². The first-order valence-corrected chi connectivity index (χ1v) is 9.84. The van der Waals surface area contributed by atoms with Gasteiger partial charge >= 0.3 is 0 Å². The zero-order chi connectivity index (χ0) is 19.6. The van der Waals surface area contributed by atoms with Crippen molar-refractivity contribution in [3.05, 3.63) is 71.8 Å². The molecule has 5 nitrogen and oxygen atoms in total. The first kappa shape index (κ1) is 18.4. The molecule has 0 spiro atoms. The first-order chi connectivity index (χ1) is 13.6. The Bertz CT molecular complexity index is 871. The van der Waals surface area contributed by atoms with Gasteiger partial charge < -0.3 is 4.90 Å². The van der Waals surface area contributed by atoms with Gasteiger partial charge in [0.05, 0.1) is 11.5 Å². The molecule has 2 aliphatic heterocycles. The Hall–Kier alpha value is -2.95. The van der Waals surface area contributed by atoms with Gasteiger partial charge in [-0.25, -0.2) is 5.01 Å². The number of carbonyl (C=O) groups excluding carboxylic acids is 2. The number of benzene rings is 2. The predicted octanol–water partition coefficient (Wildman–Crippen LogP) is 3.89. The van der Waals surface area contributed by atoms with Crippen molar-refractivity contribution in [2.75, 3.05) is 13.1 Å². The highest BCUT2D eigenvalue weighted by molar-refractivity contribution is 5.94. The number of carbonyl (C=O) groups is 2. The Morgan fingerprint density at radius 2 is 1.57 bits per heavy atom. The lowest BCUT2D eigenvalue weighted by Gasteiger charge is -2.40. The van der Waals surface area contributed by atoms with Crippen LogP contribution in [-0.4, -0.2) is 41.0 Å². The normalized spacial score (nSPS) is 21.0. The summed E-state index contributed by atoms with van der Waals surface area (Å²) in [4.78, 5) is 27.9. The lowest BCUT2D eigenvalue weighted by molar-refractivity contribution is -0.145. The van der Waals surface area contributed by atoms with E-state index < -0.39 is 5.41 Å². The molecule has 1 atom stereocenters. The minimum Gasteiger partial charge on any atom is -0.339 e. The van der Waals surface area contributed by atoms with Crippen molar-refractivity contribution in [2.45, 2.75) is 32.2 Å². The smallest absolute Gasteiger partial charge is 0.253 e. The summed E-state index contributed by atoms with van der Waals surface area (Å²) in [6, 6.07) is 19.3. The number of likely N-dealkylation sites (tertiary alicyclic amines) is 1. The van der Waals surface area contributed by atoms with Crippen molar-refractivity contribution >= 4 is 18.0 Å². The van der Waals surface area contributed by atoms with Gasteiger partial charge in [0.1, 0.15) is 0 Å². The molecular formula is C23H25N3O2. The summed E-state index contributed by atoms with van der Waals surface area (Å²) in [6.45, 7) is 3.18. The SMILES string of the molecule is CC1(C(=O)N2N=CCC2c2ccccc2)CCN(C(=O)c2ccccc2)CC1. The molecule has 2 aromatic carbocycles. The maximum absolute atomic E-state index is 13.4. The molecule has 2 amide bonds. The van der Waals surface area contributed by atoms with Crippen LogP contribution in [0.5, 0.6) is 0 Å². The molecule has 2 heterocycles. The van der Waals surface area contributed by atoms with E-state index in [1.807, 2.05) is 78.7 Å². The highest BCUT2D eigenvalue weighted by Crippen LogP contribution is 2.38. The van der Waals surface area contributed by atoms with E-state index in [0.717, 1.165) is 12.0 Å². The average Bonchev–Trinajstić information content (AvgIpc) is 3.24. The predicted molar refractivity (Wildman–Crippen MR) is 109 cm³/mol. The fourth-order valence-electron chi connectivity index (χ4n) is 4.02.